The average molecular weight is 306 g/mol. The molecule has 0 fully saturated rings. The first-order chi connectivity index (χ1) is 10.0. The third kappa shape index (κ3) is 4.87. The lowest BCUT2D eigenvalue weighted by Gasteiger charge is -2.08. The Kier molecular flexibility index (Phi) is 5.34. The van der Waals surface area contributed by atoms with E-state index in [0.717, 1.165) is 11.3 Å². The molecule has 0 aliphatic heterocycles. The van der Waals surface area contributed by atoms with E-state index in [0.29, 0.717) is 16.7 Å². The molecule has 0 atom stereocenters. The van der Waals surface area contributed by atoms with Gasteiger partial charge in [0.25, 0.3) is 0 Å². The molecule has 2 rings (SSSR count). The Balaban J connectivity index is 2.04. The molecular weight excluding hydrogens is 289 g/mol. The first-order valence-corrected chi connectivity index (χ1v) is 7.13. The van der Waals surface area contributed by atoms with E-state index in [4.69, 9.17) is 16.3 Å². The van der Waals surface area contributed by atoms with Gasteiger partial charge in [-0.05, 0) is 41.8 Å². The van der Waals surface area contributed by atoms with Gasteiger partial charge in [-0.2, -0.15) is 0 Å². The molecule has 0 radical (unpaired) electrons. The molecule has 0 aliphatic carbocycles. The van der Waals surface area contributed by atoms with Gasteiger partial charge >= 0.3 is 0 Å². The number of hydrogen-bond acceptors (Lipinski definition) is 2. The van der Waals surface area contributed by atoms with Crippen LogP contribution in [0.4, 0.5) is 10.1 Å². The van der Waals surface area contributed by atoms with Crippen LogP contribution in [0.3, 0.4) is 0 Å². The SMILES string of the molecule is CC(C)/C=N/c1ccc(OCc2cccc(F)c2)c(Cl)c1. The maximum Gasteiger partial charge on any atom is 0.138 e. The van der Waals surface area contributed by atoms with Crippen molar-refractivity contribution >= 4 is 23.5 Å². The van der Waals surface area contributed by atoms with Crippen LogP contribution in [0.2, 0.25) is 5.02 Å². The maximum atomic E-state index is 13.1. The molecule has 4 heteroatoms. The zero-order valence-corrected chi connectivity index (χ0v) is 12.8. The minimum absolute atomic E-state index is 0.270. The van der Waals surface area contributed by atoms with E-state index in [2.05, 4.69) is 18.8 Å². The number of hydrogen-bond donors (Lipinski definition) is 0. The van der Waals surface area contributed by atoms with Crippen molar-refractivity contribution in [2.45, 2.75) is 20.5 Å². The Labute approximate surface area is 129 Å². The maximum absolute atomic E-state index is 13.1. The summed E-state index contributed by atoms with van der Waals surface area (Å²) >= 11 is 6.17. The van der Waals surface area contributed by atoms with Crippen LogP contribution in [-0.2, 0) is 6.61 Å². The Morgan fingerprint density at radius 1 is 1.24 bits per heavy atom. The van der Waals surface area contributed by atoms with Gasteiger partial charge in [-0.25, -0.2) is 4.39 Å². The highest BCUT2D eigenvalue weighted by atomic mass is 35.5. The molecule has 2 aromatic rings. The lowest BCUT2D eigenvalue weighted by Crippen LogP contribution is -1.96. The van der Waals surface area contributed by atoms with Crippen LogP contribution >= 0.6 is 11.6 Å². The van der Waals surface area contributed by atoms with Crippen molar-refractivity contribution in [1.82, 2.24) is 0 Å². The first kappa shape index (κ1) is 15.5. The smallest absolute Gasteiger partial charge is 0.138 e. The number of rotatable bonds is 5. The summed E-state index contributed by atoms with van der Waals surface area (Å²) in [4.78, 5) is 4.32. The minimum atomic E-state index is -0.277. The van der Waals surface area contributed by atoms with Gasteiger partial charge in [-0.15, -0.1) is 0 Å². The molecule has 110 valence electrons. The Morgan fingerprint density at radius 2 is 2.05 bits per heavy atom. The lowest BCUT2D eigenvalue weighted by molar-refractivity contribution is 0.306. The molecular formula is C17H17ClFNO. The van der Waals surface area contributed by atoms with E-state index >= 15 is 0 Å². The number of nitrogens with zero attached hydrogens (tertiary/aromatic N) is 1. The third-order valence-electron chi connectivity index (χ3n) is 2.72. The molecule has 0 aliphatic rings. The monoisotopic (exact) mass is 305 g/mol. The zero-order chi connectivity index (χ0) is 15.2. The molecule has 0 spiro atoms. The molecule has 0 saturated heterocycles. The van der Waals surface area contributed by atoms with Crippen molar-refractivity contribution in [3.8, 4) is 5.75 Å². The predicted molar refractivity (Wildman–Crippen MR) is 85.2 cm³/mol. The molecule has 0 bridgehead atoms. The summed E-state index contributed by atoms with van der Waals surface area (Å²) < 4.78 is 18.7. The molecule has 0 amide bonds. The van der Waals surface area contributed by atoms with Gasteiger partial charge in [0, 0.05) is 6.21 Å². The Bertz CT molecular complexity index is 640. The van der Waals surface area contributed by atoms with Crippen LogP contribution in [0.25, 0.3) is 0 Å². The predicted octanol–water partition coefficient (Wildman–Crippen LogP) is 5.42. The van der Waals surface area contributed by atoms with E-state index in [1.807, 2.05) is 12.3 Å². The van der Waals surface area contributed by atoms with Crippen LogP contribution in [0, 0.1) is 11.7 Å². The topological polar surface area (TPSA) is 21.6 Å². The van der Waals surface area contributed by atoms with Gasteiger partial charge in [0.2, 0.25) is 0 Å². The standard InChI is InChI=1S/C17H17ClFNO/c1-12(2)10-20-15-6-7-17(16(18)9-15)21-11-13-4-3-5-14(19)8-13/h3-10,12H,11H2,1-2H3/b20-10+. The summed E-state index contributed by atoms with van der Waals surface area (Å²) in [5.41, 5.74) is 1.54. The third-order valence-corrected chi connectivity index (χ3v) is 3.02. The molecule has 2 aromatic carbocycles. The minimum Gasteiger partial charge on any atom is -0.487 e. The zero-order valence-electron chi connectivity index (χ0n) is 12.0. The second kappa shape index (κ2) is 7.23. The van der Waals surface area contributed by atoms with Crippen molar-refractivity contribution in [2.75, 3.05) is 0 Å². The summed E-state index contributed by atoms with van der Waals surface area (Å²) in [5, 5.41) is 0.491. The Morgan fingerprint density at radius 3 is 2.71 bits per heavy atom. The fourth-order valence-corrected chi connectivity index (χ4v) is 1.94. The summed E-state index contributed by atoms with van der Waals surface area (Å²) in [7, 11) is 0. The van der Waals surface area contributed by atoms with Crippen LogP contribution in [0.15, 0.2) is 47.5 Å². The largest absolute Gasteiger partial charge is 0.487 e. The summed E-state index contributed by atoms with van der Waals surface area (Å²) in [6.45, 7) is 4.38. The number of aliphatic imine (C=N–C) groups is 1. The van der Waals surface area contributed by atoms with Gasteiger partial charge in [0.15, 0.2) is 0 Å². The average Bonchev–Trinajstić information content (AvgIpc) is 2.44. The quantitative estimate of drug-likeness (QED) is 0.676. The van der Waals surface area contributed by atoms with Crippen LogP contribution in [0.5, 0.6) is 5.75 Å². The van der Waals surface area contributed by atoms with Gasteiger partial charge in [0.05, 0.1) is 10.7 Å². The van der Waals surface area contributed by atoms with Crippen molar-refractivity contribution in [1.29, 1.82) is 0 Å². The van der Waals surface area contributed by atoms with E-state index in [1.165, 1.54) is 12.1 Å². The normalized spacial score (nSPS) is 11.3. The van der Waals surface area contributed by atoms with Gasteiger partial charge in [-0.3, -0.25) is 4.99 Å². The van der Waals surface area contributed by atoms with E-state index in [1.54, 1.807) is 24.3 Å². The van der Waals surface area contributed by atoms with E-state index in [-0.39, 0.29) is 12.4 Å². The van der Waals surface area contributed by atoms with E-state index in [9.17, 15) is 4.39 Å². The highest BCUT2D eigenvalue weighted by Gasteiger charge is 2.04. The molecule has 0 N–H and O–H groups in total. The summed E-state index contributed by atoms with van der Waals surface area (Å²) in [6, 6.07) is 11.7. The number of halogens is 2. The van der Waals surface area contributed by atoms with Crippen molar-refractivity contribution in [2.24, 2.45) is 10.9 Å². The molecule has 21 heavy (non-hydrogen) atoms. The van der Waals surface area contributed by atoms with Gasteiger partial charge in [0.1, 0.15) is 18.2 Å². The second-order valence-electron chi connectivity index (χ2n) is 5.06. The number of ether oxygens (including phenoxy) is 1. The van der Waals surface area contributed by atoms with Crippen molar-refractivity contribution in [3.05, 3.63) is 58.9 Å². The summed E-state index contributed by atoms with van der Waals surface area (Å²) in [6.07, 6.45) is 1.86. The fraction of sp³-hybridized carbons (Fsp3) is 0.235. The van der Waals surface area contributed by atoms with Crippen LogP contribution in [0.1, 0.15) is 19.4 Å². The first-order valence-electron chi connectivity index (χ1n) is 6.75. The molecule has 0 unspecified atom stereocenters. The van der Waals surface area contributed by atoms with E-state index < -0.39 is 0 Å². The Hall–Kier alpha value is -1.87. The number of benzene rings is 2. The van der Waals surface area contributed by atoms with Crippen molar-refractivity contribution < 1.29 is 9.13 Å². The molecule has 2 nitrogen and oxygen atoms in total. The van der Waals surface area contributed by atoms with Crippen LogP contribution < -0.4 is 4.74 Å². The summed E-state index contributed by atoms with van der Waals surface area (Å²) in [5.74, 6) is 0.665. The molecule has 0 heterocycles. The van der Waals surface area contributed by atoms with Crippen LogP contribution in [-0.4, -0.2) is 6.21 Å². The highest BCUT2D eigenvalue weighted by Crippen LogP contribution is 2.29. The second-order valence-corrected chi connectivity index (χ2v) is 5.46. The van der Waals surface area contributed by atoms with Gasteiger partial charge < -0.3 is 4.74 Å². The molecule has 0 aromatic heterocycles. The highest BCUT2D eigenvalue weighted by molar-refractivity contribution is 6.32. The fourth-order valence-electron chi connectivity index (χ4n) is 1.71. The van der Waals surface area contributed by atoms with Gasteiger partial charge in [-0.1, -0.05) is 37.6 Å². The van der Waals surface area contributed by atoms with Crippen molar-refractivity contribution in [3.63, 3.8) is 0 Å². The molecule has 0 saturated carbocycles. The lowest BCUT2D eigenvalue weighted by atomic mass is 10.2.